The third kappa shape index (κ3) is 3.98. The van der Waals surface area contributed by atoms with Crippen LogP contribution in [0.2, 0.25) is 0 Å². The second-order valence-corrected chi connectivity index (χ2v) is 5.43. The maximum absolute atomic E-state index is 13.5. The van der Waals surface area contributed by atoms with Gasteiger partial charge in [0.1, 0.15) is 6.04 Å². The molecule has 9 heteroatoms. The van der Waals surface area contributed by atoms with Gasteiger partial charge in [0.05, 0.1) is 17.4 Å². The molecule has 0 radical (unpaired) electrons. The molecule has 1 aromatic heterocycles. The van der Waals surface area contributed by atoms with E-state index in [1.165, 1.54) is 19.1 Å². The fourth-order valence-corrected chi connectivity index (χ4v) is 2.32. The minimum absolute atomic E-state index is 0.0362. The normalized spacial score (nSPS) is 12.7. The highest BCUT2D eigenvalue weighted by molar-refractivity contribution is 5.97. The molecule has 25 heavy (non-hydrogen) atoms. The van der Waals surface area contributed by atoms with Crippen molar-refractivity contribution in [3.05, 3.63) is 47.3 Å². The lowest BCUT2D eigenvalue weighted by molar-refractivity contribution is -0.143. The molecule has 134 valence electrons. The van der Waals surface area contributed by atoms with Crippen LogP contribution in [0.5, 0.6) is 0 Å². The van der Waals surface area contributed by atoms with E-state index in [4.69, 9.17) is 5.11 Å². The zero-order chi connectivity index (χ0) is 18.8. The molecule has 0 spiro atoms. The van der Waals surface area contributed by atoms with Crippen LogP contribution >= 0.6 is 0 Å². The summed E-state index contributed by atoms with van der Waals surface area (Å²) in [6.45, 7) is 3.21. The van der Waals surface area contributed by atoms with E-state index in [9.17, 15) is 22.8 Å². The number of hydrogen-bond donors (Lipinski definition) is 2. The van der Waals surface area contributed by atoms with Gasteiger partial charge in [-0.1, -0.05) is 19.1 Å². The van der Waals surface area contributed by atoms with E-state index >= 15 is 0 Å². The average Bonchev–Trinajstić information content (AvgIpc) is 2.97. The number of rotatable bonds is 5. The van der Waals surface area contributed by atoms with Gasteiger partial charge in [-0.3, -0.25) is 4.79 Å². The molecule has 1 atom stereocenters. The van der Waals surface area contributed by atoms with Crippen molar-refractivity contribution in [1.82, 2.24) is 15.1 Å². The highest BCUT2D eigenvalue weighted by Crippen LogP contribution is 2.33. The molecular formula is C16H16F3N3O3. The molecule has 1 unspecified atom stereocenters. The number of nitrogens with zero attached hydrogens (tertiary/aromatic N) is 2. The van der Waals surface area contributed by atoms with Crippen molar-refractivity contribution in [2.75, 3.05) is 0 Å². The molecule has 0 aliphatic heterocycles. The van der Waals surface area contributed by atoms with Gasteiger partial charge in [-0.25, -0.2) is 9.48 Å². The van der Waals surface area contributed by atoms with E-state index in [0.29, 0.717) is 4.68 Å². The molecular weight excluding hydrogens is 339 g/mol. The molecule has 1 aromatic carbocycles. The number of aliphatic carboxylic acids is 1. The number of aromatic nitrogens is 2. The zero-order valence-electron chi connectivity index (χ0n) is 13.5. The van der Waals surface area contributed by atoms with E-state index < -0.39 is 35.4 Å². The van der Waals surface area contributed by atoms with Crippen molar-refractivity contribution in [1.29, 1.82) is 0 Å². The second-order valence-electron chi connectivity index (χ2n) is 5.43. The second kappa shape index (κ2) is 6.96. The Morgan fingerprint density at radius 2 is 2.04 bits per heavy atom. The lowest BCUT2D eigenvalue weighted by Gasteiger charge is -2.15. The molecule has 0 aliphatic rings. The van der Waals surface area contributed by atoms with Crippen LogP contribution in [-0.4, -0.2) is 32.8 Å². The van der Waals surface area contributed by atoms with Gasteiger partial charge in [-0.15, -0.1) is 0 Å². The number of aryl methyl sites for hydroxylation is 1. The summed E-state index contributed by atoms with van der Waals surface area (Å²) in [5, 5.41) is 14.7. The van der Waals surface area contributed by atoms with Gasteiger partial charge in [-0.2, -0.15) is 18.3 Å². The molecule has 0 aliphatic carbocycles. The predicted molar refractivity (Wildman–Crippen MR) is 82.5 cm³/mol. The third-order valence-electron chi connectivity index (χ3n) is 3.54. The minimum atomic E-state index is -4.85. The van der Waals surface area contributed by atoms with Crippen molar-refractivity contribution in [2.24, 2.45) is 0 Å². The quantitative estimate of drug-likeness (QED) is 0.864. The van der Waals surface area contributed by atoms with Crippen molar-refractivity contribution in [3.63, 3.8) is 0 Å². The van der Waals surface area contributed by atoms with Crippen LogP contribution < -0.4 is 5.32 Å². The van der Waals surface area contributed by atoms with Crippen molar-refractivity contribution < 1.29 is 27.9 Å². The molecule has 0 saturated heterocycles. The van der Waals surface area contributed by atoms with E-state index in [-0.39, 0.29) is 12.1 Å². The zero-order valence-corrected chi connectivity index (χ0v) is 13.5. The number of nitrogens with one attached hydrogen (secondary N) is 1. The van der Waals surface area contributed by atoms with Crippen molar-refractivity contribution >= 4 is 11.9 Å². The van der Waals surface area contributed by atoms with Gasteiger partial charge in [0.15, 0.2) is 5.69 Å². The number of amides is 1. The summed E-state index contributed by atoms with van der Waals surface area (Å²) in [6.07, 6.45) is -4.03. The number of benzene rings is 1. The van der Waals surface area contributed by atoms with E-state index in [1.807, 2.05) is 0 Å². The first-order chi connectivity index (χ1) is 11.6. The number of alkyl halides is 3. The molecule has 0 saturated carbocycles. The summed E-state index contributed by atoms with van der Waals surface area (Å²) < 4.78 is 41.2. The SMILES string of the molecule is CCC(NC(=O)c1cnn(-c2cccc(C)c2)c1C(F)(F)F)C(=O)O. The molecule has 2 N–H and O–H groups in total. The Labute approximate surface area is 141 Å². The Bertz CT molecular complexity index is 799. The molecule has 1 amide bonds. The van der Waals surface area contributed by atoms with Crippen molar-refractivity contribution in [3.8, 4) is 5.69 Å². The van der Waals surface area contributed by atoms with E-state index in [1.54, 1.807) is 19.1 Å². The largest absolute Gasteiger partial charge is 0.480 e. The van der Waals surface area contributed by atoms with E-state index in [2.05, 4.69) is 10.4 Å². The molecule has 2 aromatic rings. The van der Waals surface area contributed by atoms with Crippen LogP contribution in [0.15, 0.2) is 30.5 Å². The number of carbonyl (C=O) groups excluding carboxylic acids is 1. The molecule has 1 heterocycles. The van der Waals surface area contributed by atoms with Gasteiger partial charge in [0.25, 0.3) is 5.91 Å². The Hall–Kier alpha value is -2.84. The van der Waals surface area contributed by atoms with Gasteiger partial charge in [-0.05, 0) is 31.0 Å². The lowest BCUT2D eigenvalue weighted by atomic mass is 10.1. The van der Waals surface area contributed by atoms with Gasteiger partial charge >= 0.3 is 12.1 Å². The number of halogens is 3. The highest BCUT2D eigenvalue weighted by atomic mass is 19.4. The summed E-state index contributed by atoms with van der Waals surface area (Å²) in [5.74, 6) is -2.46. The van der Waals surface area contributed by atoms with Gasteiger partial charge < -0.3 is 10.4 Å². The molecule has 0 bridgehead atoms. The van der Waals surface area contributed by atoms with Crippen molar-refractivity contribution in [2.45, 2.75) is 32.5 Å². The average molecular weight is 355 g/mol. The van der Waals surface area contributed by atoms with Gasteiger partial charge in [0, 0.05) is 0 Å². The Kier molecular flexibility index (Phi) is 5.15. The summed E-state index contributed by atoms with van der Waals surface area (Å²) in [4.78, 5) is 23.2. The number of carboxylic acid groups (broad SMARTS) is 1. The standard InChI is InChI=1S/C16H16F3N3O3/c1-3-12(15(24)25)21-14(23)11-8-20-22(13(11)16(17,18)19)10-6-4-5-9(2)7-10/h4-8,12H,3H2,1-2H3,(H,21,23)(H,24,25). The maximum atomic E-state index is 13.5. The first kappa shape index (κ1) is 18.5. The van der Waals surface area contributed by atoms with Crippen LogP contribution in [0.3, 0.4) is 0 Å². The first-order valence-electron chi connectivity index (χ1n) is 7.41. The van der Waals surface area contributed by atoms with Crippen LogP contribution in [0, 0.1) is 6.92 Å². The van der Waals surface area contributed by atoms with Crippen LogP contribution in [0.25, 0.3) is 5.69 Å². The Balaban J connectivity index is 2.50. The Morgan fingerprint density at radius 3 is 2.56 bits per heavy atom. The smallest absolute Gasteiger partial charge is 0.434 e. The predicted octanol–water partition coefficient (Wildman–Crippen LogP) is 2.79. The lowest BCUT2D eigenvalue weighted by Crippen LogP contribution is -2.40. The summed E-state index contributed by atoms with van der Waals surface area (Å²) in [5.41, 5.74) is -1.11. The third-order valence-corrected chi connectivity index (χ3v) is 3.54. The van der Waals surface area contributed by atoms with Gasteiger partial charge in [0.2, 0.25) is 0 Å². The number of carbonyl (C=O) groups is 2. The summed E-state index contributed by atoms with van der Waals surface area (Å²) in [6, 6.07) is 4.94. The molecule has 6 nitrogen and oxygen atoms in total. The topological polar surface area (TPSA) is 84.2 Å². The highest BCUT2D eigenvalue weighted by Gasteiger charge is 2.41. The summed E-state index contributed by atoms with van der Waals surface area (Å²) >= 11 is 0. The maximum Gasteiger partial charge on any atom is 0.434 e. The first-order valence-corrected chi connectivity index (χ1v) is 7.41. The number of carboxylic acids is 1. The van der Waals surface area contributed by atoms with Crippen LogP contribution in [0.4, 0.5) is 13.2 Å². The number of hydrogen-bond acceptors (Lipinski definition) is 3. The monoisotopic (exact) mass is 355 g/mol. The van der Waals surface area contributed by atoms with E-state index in [0.717, 1.165) is 11.8 Å². The fourth-order valence-electron chi connectivity index (χ4n) is 2.32. The molecule has 2 rings (SSSR count). The van der Waals surface area contributed by atoms with Crippen LogP contribution in [0.1, 0.15) is 35.0 Å². The fraction of sp³-hybridized carbons (Fsp3) is 0.312. The molecule has 0 fully saturated rings. The van der Waals surface area contributed by atoms with Crippen LogP contribution in [-0.2, 0) is 11.0 Å². The Morgan fingerprint density at radius 1 is 1.36 bits per heavy atom. The minimum Gasteiger partial charge on any atom is -0.480 e. The summed E-state index contributed by atoms with van der Waals surface area (Å²) in [7, 11) is 0.